The van der Waals surface area contributed by atoms with E-state index >= 15 is 0 Å². The molecule has 8 heteroatoms. The van der Waals surface area contributed by atoms with E-state index in [1.807, 2.05) is 53.6 Å². The largest absolute Gasteiger partial charge is 0.336 e. The zero-order valence-electron chi connectivity index (χ0n) is 16.0. The van der Waals surface area contributed by atoms with Crippen LogP contribution in [0.25, 0.3) is 16.3 Å². The summed E-state index contributed by atoms with van der Waals surface area (Å²) in [7, 11) is 0. The van der Waals surface area contributed by atoms with Crippen LogP contribution in [0.4, 0.5) is 5.95 Å². The van der Waals surface area contributed by atoms with E-state index in [1.54, 1.807) is 22.0 Å². The summed E-state index contributed by atoms with van der Waals surface area (Å²) in [5.41, 5.74) is 2.77. The van der Waals surface area contributed by atoms with Crippen LogP contribution in [0.2, 0.25) is 0 Å². The number of benzene rings is 1. The number of fused-ring (bicyclic) bond motifs is 1. The van der Waals surface area contributed by atoms with Gasteiger partial charge in [-0.2, -0.15) is 9.50 Å². The highest BCUT2D eigenvalue weighted by molar-refractivity contribution is 7.13. The van der Waals surface area contributed by atoms with Gasteiger partial charge in [-0.05, 0) is 36.1 Å². The molecule has 0 N–H and O–H groups in total. The Balaban J connectivity index is 1.35. The third-order valence-electron chi connectivity index (χ3n) is 5.23. The first-order chi connectivity index (χ1) is 14.2. The minimum absolute atomic E-state index is 0.0901. The number of hydrogen-bond donors (Lipinski definition) is 0. The van der Waals surface area contributed by atoms with Gasteiger partial charge in [0.05, 0.1) is 10.6 Å². The van der Waals surface area contributed by atoms with Crippen LogP contribution < -0.4 is 4.90 Å². The summed E-state index contributed by atoms with van der Waals surface area (Å²) in [5, 5.41) is 6.75. The van der Waals surface area contributed by atoms with E-state index in [2.05, 4.69) is 20.9 Å². The first kappa shape index (κ1) is 17.8. The maximum absolute atomic E-state index is 12.8. The van der Waals surface area contributed by atoms with Crippen LogP contribution in [0.15, 0.2) is 54.0 Å². The number of nitrogens with zero attached hydrogens (tertiary/aromatic N) is 6. The molecule has 1 saturated heterocycles. The van der Waals surface area contributed by atoms with E-state index < -0.39 is 0 Å². The topological polar surface area (TPSA) is 66.6 Å². The number of amides is 1. The molecular weight excluding hydrogens is 384 g/mol. The van der Waals surface area contributed by atoms with Crippen molar-refractivity contribution in [3.63, 3.8) is 0 Å². The van der Waals surface area contributed by atoms with E-state index in [0.717, 1.165) is 21.7 Å². The lowest BCUT2D eigenvalue weighted by molar-refractivity contribution is 0.0745. The van der Waals surface area contributed by atoms with Crippen molar-refractivity contribution in [2.24, 2.45) is 0 Å². The summed E-state index contributed by atoms with van der Waals surface area (Å²) < 4.78 is 1.80. The molecule has 0 aliphatic carbocycles. The number of carbonyl (C=O) groups is 1. The maximum atomic E-state index is 12.8. The minimum Gasteiger partial charge on any atom is -0.336 e. The molecule has 29 heavy (non-hydrogen) atoms. The molecule has 146 valence electrons. The lowest BCUT2D eigenvalue weighted by Crippen LogP contribution is -2.49. The van der Waals surface area contributed by atoms with Gasteiger partial charge < -0.3 is 9.80 Å². The lowest BCUT2D eigenvalue weighted by Gasteiger charge is -2.34. The number of piperazine rings is 1. The molecule has 4 heterocycles. The van der Waals surface area contributed by atoms with Gasteiger partial charge in [-0.25, -0.2) is 4.98 Å². The van der Waals surface area contributed by atoms with Crippen LogP contribution >= 0.6 is 11.3 Å². The van der Waals surface area contributed by atoms with E-state index in [4.69, 9.17) is 5.10 Å². The molecule has 7 nitrogen and oxygen atoms in total. The summed E-state index contributed by atoms with van der Waals surface area (Å²) in [4.78, 5) is 27.0. The molecule has 1 aliphatic heterocycles. The maximum Gasteiger partial charge on any atom is 0.254 e. The van der Waals surface area contributed by atoms with Crippen molar-refractivity contribution in [3.8, 4) is 10.6 Å². The Hall–Kier alpha value is -3.26. The molecule has 0 bridgehead atoms. The quantitative estimate of drug-likeness (QED) is 0.525. The van der Waals surface area contributed by atoms with E-state index in [0.29, 0.717) is 37.9 Å². The number of thiophene rings is 1. The summed E-state index contributed by atoms with van der Waals surface area (Å²) in [6, 6.07) is 13.8. The Bertz CT molecular complexity index is 1160. The Labute approximate surface area is 172 Å². The average Bonchev–Trinajstić information content (AvgIpc) is 3.43. The van der Waals surface area contributed by atoms with Gasteiger partial charge >= 0.3 is 0 Å². The van der Waals surface area contributed by atoms with Crippen LogP contribution in [0, 0.1) is 6.92 Å². The predicted octanol–water partition coefficient (Wildman–Crippen LogP) is 3.12. The molecule has 4 aromatic rings. The number of carbonyl (C=O) groups excluding carboxylic acids is 1. The third kappa shape index (κ3) is 3.25. The highest BCUT2D eigenvalue weighted by Crippen LogP contribution is 2.25. The van der Waals surface area contributed by atoms with Gasteiger partial charge in [0.15, 0.2) is 0 Å². The number of aromatic nitrogens is 4. The van der Waals surface area contributed by atoms with Crippen LogP contribution in [-0.2, 0) is 0 Å². The highest BCUT2D eigenvalue weighted by atomic mass is 32.1. The molecular formula is C21H20N6OS. The first-order valence-corrected chi connectivity index (χ1v) is 10.4. The van der Waals surface area contributed by atoms with Crippen molar-refractivity contribution in [2.45, 2.75) is 6.92 Å². The molecule has 0 unspecified atom stereocenters. The van der Waals surface area contributed by atoms with Crippen molar-refractivity contribution in [1.82, 2.24) is 24.5 Å². The fraction of sp³-hybridized carbons (Fsp3) is 0.238. The zero-order valence-corrected chi connectivity index (χ0v) is 16.8. The molecule has 0 atom stereocenters. The number of aryl methyl sites for hydroxylation is 1. The average molecular weight is 404 g/mol. The summed E-state index contributed by atoms with van der Waals surface area (Å²) in [5.74, 6) is 1.33. The molecule has 1 aliphatic rings. The predicted molar refractivity (Wildman–Crippen MR) is 113 cm³/mol. The Kier molecular flexibility index (Phi) is 4.48. The highest BCUT2D eigenvalue weighted by Gasteiger charge is 2.25. The van der Waals surface area contributed by atoms with Gasteiger partial charge in [-0.1, -0.05) is 24.3 Å². The van der Waals surface area contributed by atoms with Gasteiger partial charge in [-0.15, -0.1) is 16.4 Å². The lowest BCUT2D eigenvalue weighted by atomic mass is 10.1. The molecule has 0 spiro atoms. The monoisotopic (exact) mass is 404 g/mol. The molecule has 0 radical (unpaired) electrons. The first-order valence-electron chi connectivity index (χ1n) is 9.56. The van der Waals surface area contributed by atoms with Gasteiger partial charge in [-0.3, -0.25) is 4.79 Å². The van der Waals surface area contributed by atoms with E-state index in [-0.39, 0.29) is 5.91 Å². The van der Waals surface area contributed by atoms with Crippen LogP contribution in [0.3, 0.4) is 0 Å². The SMILES string of the molecule is Cc1ccccc1C(=O)N1CCN(c2nc3nccc(-c4cccs4)n3n2)CC1. The Morgan fingerprint density at radius 1 is 1.03 bits per heavy atom. The van der Waals surface area contributed by atoms with E-state index in [9.17, 15) is 4.79 Å². The fourth-order valence-electron chi connectivity index (χ4n) is 3.62. The smallest absolute Gasteiger partial charge is 0.254 e. The summed E-state index contributed by atoms with van der Waals surface area (Å²) in [6.45, 7) is 4.66. The van der Waals surface area contributed by atoms with Gasteiger partial charge in [0.25, 0.3) is 11.7 Å². The van der Waals surface area contributed by atoms with Gasteiger partial charge in [0, 0.05) is 37.9 Å². The van der Waals surface area contributed by atoms with Crippen molar-refractivity contribution >= 4 is 29.0 Å². The normalized spacial score (nSPS) is 14.5. The van der Waals surface area contributed by atoms with Crippen molar-refractivity contribution < 1.29 is 4.79 Å². The molecule has 0 saturated carbocycles. The standard InChI is InChI=1S/C21H20N6OS/c1-15-5-2-3-6-16(15)19(28)25-10-12-26(13-11-25)21-23-20-22-9-8-17(27(20)24-21)18-7-4-14-29-18/h2-9,14H,10-13H2,1H3. The number of rotatable bonds is 3. The minimum atomic E-state index is 0.0901. The molecule has 1 fully saturated rings. The second-order valence-electron chi connectivity index (χ2n) is 7.03. The Morgan fingerprint density at radius 2 is 1.86 bits per heavy atom. The third-order valence-corrected chi connectivity index (χ3v) is 6.12. The zero-order chi connectivity index (χ0) is 19.8. The van der Waals surface area contributed by atoms with Crippen molar-refractivity contribution in [2.75, 3.05) is 31.1 Å². The van der Waals surface area contributed by atoms with Gasteiger partial charge in [0.1, 0.15) is 0 Å². The van der Waals surface area contributed by atoms with Crippen molar-refractivity contribution in [1.29, 1.82) is 0 Å². The van der Waals surface area contributed by atoms with E-state index in [1.165, 1.54) is 0 Å². The van der Waals surface area contributed by atoms with Crippen LogP contribution in [0.5, 0.6) is 0 Å². The van der Waals surface area contributed by atoms with Gasteiger partial charge in [0.2, 0.25) is 5.95 Å². The number of hydrogen-bond acceptors (Lipinski definition) is 6. The molecule has 5 rings (SSSR count). The Morgan fingerprint density at radius 3 is 2.62 bits per heavy atom. The molecule has 1 amide bonds. The second-order valence-corrected chi connectivity index (χ2v) is 7.97. The molecule has 1 aromatic carbocycles. The summed E-state index contributed by atoms with van der Waals surface area (Å²) >= 11 is 1.66. The van der Waals surface area contributed by atoms with Crippen LogP contribution in [0.1, 0.15) is 15.9 Å². The summed E-state index contributed by atoms with van der Waals surface area (Å²) in [6.07, 6.45) is 1.77. The number of anilines is 1. The van der Waals surface area contributed by atoms with Crippen LogP contribution in [-0.4, -0.2) is 56.6 Å². The van der Waals surface area contributed by atoms with Crippen molar-refractivity contribution in [3.05, 3.63) is 65.2 Å². The fourth-order valence-corrected chi connectivity index (χ4v) is 4.36. The molecule has 3 aromatic heterocycles. The second kappa shape index (κ2) is 7.29.